The molecule has 0 fully saturated rings. The Kier molecular flexibility index (Phi) is 14.6. The lowest BCUT2D eigenvalue weighted by Gasteiger charge is -2.27. The SMILES string of the molecule is C#CC[N+](C)(C)CCCCCCCCCCCCCC[N+](C)(C)CC#C. The van der Waals surface area contributed by atoms with Crippen molar-refractivity contribution in [1.82, 2.24) is 0 Å². The average molecular weight is 363 g/mol. The third kappa shape index (κ3) is 16.5. The van der Waals surface area contributed by atoms with E-state index in [1.54, 1.807) is 0 Å². The summed E-state index contributed by atoms with van der Waals surface area (Å²) in [7, 11) is 8.93. The summed E-state index contributed by atoms with van der Waals surface area (Å²) >= 11 is 0. The first kappa shape index (κ1) is 25.0. The van der Waals surface area contributed by atoms with E-state index in [1.807, 2.05) is 0 Å². The third-order valence-electron chi connectivity index (χ3n) is 5.32. The monoisotopic (exact) mass is 362 g/mol. The molecule has 0 aromatic heterocycles. The van der Waals surface area contributed by atoms with Crippen molar-refractivity contribution in [2.24, 2.45) is 0 Å². The molecule has 26 heavy (non-hydrogen) atoms. The van der Waals surface area contributed by atoms with Crippen molar-refractivity contribution in [2.75, 3.05) is 54.4 Å². The lowest BCUT2D eigenvalue weighted by molar-refractivity contribution is -0.883. The van der Waals surface area contributed by atoms with Gasteiger partial charge in [0.1, 0.15) is 13.1 Å². The first-order chi connectivity index (χ1) is 12.3. The van der Waals surface area contributed by atoms with E-state index in [0.717, 1.165) is 22.1 Å². The molecule has 0 aliphatic carbocycles. The summed E-state index contributed by atoms with van der Waals surface area (Å²) in [6.45, 7) is 4.12. The van der Waals surface area contributed by atoms with Crippen molar-refractivity contribution in [2.45, 2.75) is 77.0 Å². The fourth-order valence-corrected chi connectivity index (χ4v) is 3.50. The van der Waals surface area contributed by atoms with Crippen LogP contribution in [0.25, 0.3) is 0 Å². The largest absolute Gasteiger partial charge is 0.318 e. The smallest absolute Gasteiger partial charge is 0.140 e. The number of hydrogen-bond acceptors (Lipinski definition) is 0. The summed E-state index contributed by atoms with van der Waals surface area (Å²) in [6.07, 6.45) is 27.4. The number of hydrogen-bond donors (Lipinski definition) is 0. The van der Waals surface area contributed by atoms with Crippen LogP contribution in [0.15, 0.2) is 0 Å². The number of unbranched alkanes of at least 4 members (excludes halogenated alkanes) is 11. The molecule has 0 aliphatic heterocycles. The van der Waals surface area contributed by atoms with E-state index < -0.39 is 0 Å². The van der Waals surface area contributed by atoms with Crippen molar-refractivity contribution in [1.29, 1.82) is 0 Å². The highest BCUT2D eigenvalue weighted by Gasteiger charge is 2.12. The van der Waals surface area contributed by atoms with Gasteiger partial charge >= 0.3 is 0 Å². The molecule has 0 aromatic rings. The summed E-state index contributed by atoms with van der Waals surface area (Å²) in [5, 5.41) is 0. The maximum atomic E-state index is 5.41. The number of quaternary nitrogens is 2. The molecule has 0 amide bonds. The molecular weight excluding hydrogens is 316 g/mol. The van der Waals surface area contributed by atoms with Gasteiger partial charge in [-0.25, -0.2) is 0 Å². The van der Waals surface area contributed by atoms with Crippen LogP contribution >= 0.6 is 0 Å². The van der Waals surface area contributed by atoms with Gasteiger partial charge in [0.25, 0.3) is 0 Å². The summed E-state index contributed by atoms with van der Waals surface area (Å²) in [4.78, 5) is 0. The summed E-state index contributed by atoms with van der Waals surface area (Å²) in [5.74, 6) is 5.56. The number of nitrogens with zero attached hydrogens (tertiary/aromatic N) is 2. The van der Waals surface area contributed by atoms with E-state index in [9.17, 15) is 0 Å². The van der Waals surface area contributed by atoms with Gasteiger partial charge < -0.3 is 8.97 Å². The van der Waals surface area contributed by atoms with E-state index in [-0.39, 0.29) is 0 Å². The van der Waals surface area contributed by atoms with Crippen molar-refractivity contribution >= 4 is 0 Å². The van der Waals surface area contributed by atoms with Crippen LogP contribution in [0.2, 0.25) is 0 Å². The van der Waals surface area contributed by atoms with Crippen LogP contribution in [0, 0.1) is 24.7 Å². The molecule has 0 aromatic carbocycles. The standard InChI is InChI=1S/C24H46N2/c1-7-21-25(3,4)23-19-17-15-13-11-9-10-12-14-16-18-20-24-26(5,6)22-8-2/h1-2H,9-24H2,3-6H3/q+2. The minimum absolute atomic E-state index is 0.849. The highest BCUT2D eigenvalue weighted by molar-refractivity contribution is 4.83. The quantitative estimate of drug-likeness (QED) is 0.192. The van der Waals surface area contributed by atoms with Crippen LogP contribution in [0.1, 0.15) is 77.0 Å². The highest BCUT2D eigenvalue weighted by Crippen LogP contribution is 2.13. The van der Waals surface area contributed by atoms with Crippen LogP contribution in [-0.4, -0.2) is 63.3 Å². The van der Waals surface area contributed by atoms with Gasteiger partial charge in [-0.15, -0.1) is 12.8 Å². The van der Waals surface area contributed by atoms with Crippen molar-refractivity contribution in [3.05, 3.63) is 0 Å². The molecule has 2 nitrogen and oxygen atoms in total. The predicted octanol–water partition coefficient (Wildman–Crippen LogP) is 5.09. The Morgan fingerprint density at radius 2 is 0.692 bits per heavy atom. The zero-order valence-corrected chi connectivity index (χ0v) is 18.4. The molecule has 0 radical (unpaired) electrons. The van der Waals surface area contributed by atoms with Crippen LogP contribution in [0.3, 0.4) is 0 Å². The van der Waals surface area contributed by atoms with Crippen molar-refractivity contribution in [3.8, 4) is 24.7 Å². The van der Waals surface area contributed by atoms with Gasteiger partial charge in [0.2, 0.25) is 0 Å². The highest BCUT2D eigenvalue weighted by atomic mass is 15.3. The lowest BCUT2D eigenvalue weighted by Crippen LogP contribution is -2.40. The molecule has 0 atom stereocenters. The first-order valence-corrected chi connectivity index (χ1v) is 10.8. The van der Waals surface area contributed by atoms with Crippen LogP contribution < -0.4 is 0 Å². The first-order valence-electron chi connectivity index (χ1n) is 10.8. The molecule has 150 valence electrons. The average Bonchev–Trinajstić information content (AvgIpc) is 2.55. The zero-order valence-electron chi connectivity index (χ0n) is 18.4. The molecule has 0 saturated heterocycles. The number of rotatable bonds is 17. The Bertz CT molecular complexity index is 369. The second kappa shape index (κ2) is 15.1. The fourth-order valence-electron chi connectivity index (χ4n) is 3.50. The zero-order chi connectivity index (χ0) is 19.7. The van der Waals surface area contributed by atoms with Crippen LogP contribution in [0.4, 0.5) is 0 Å². The van der Waals surface area contributed by atoms with E-state index in [0.29, 0.717) is 0 Å². The van der Waals surface area contributed by atoms with Gasteiger partial charge in [0.15, 0.2) is 0 Å². The van der Waals surface area contributed by atoms with Gasteiger partial charge in [0.05, 0.1) is 41.3 Å². The van der Waals surface area contributed by atoms with Gasteiger partial charge in [-0.05, 0) is 37.5 Å². The normalized spacial score (nSPS) is 11.9. The second-order valence-electron chi connectivity index (χ2n) is 9.29. The minimum Gasteiger partial charge on any atom is -0.318 e. The molecule has 0 aliphatic rings. The Balaban J connectivity index is 3.28. The van der Waals surface area contributed by atoms with E-state index in [2.05, 4.69) is 40.0 Å². The van der Waals surface area contributed by atoms with Gasteiger partial charge in [-0.3, -0.25) is 0 Å². The Labute approximate surface area is 165 Å². The molecule has 0 rings (SSSR count). The molecule has 2 heteroatoms. The van der Waals surface area contributed by atoms with Gasteiger partial charge in [-0.1, -0.05) is 51.4 Å². The Hall–Kier alpha value is -0.960. The molecule has 0 bridgehead atoms. The topological polar surface area (TPSA) is 0 Å². The third-order valence-corrected chi connectivity index (χ3v) is 5.32. The van der Waals surface area contributed by atoms with Crippen LogP contribution in [-0.2, 0) is 0 Å². The van der Waals surface area contributed by atoms with Crippen molar-refractivity contribution < 1.29 is 8.97 Å². The molecular formula is C24H46N2+2. The van der Waals surface area contributed by atoms with Gasteiger partial charge in [0, 0.05) is 0 Å². The van der Waals surface area contributed by atoms with Gasteiger partial charge in [-0.2, -0.15) is 0 Å². The molecule has 0 saturated carbocycles. The van der Waals surface area contributed by atoms with Crippen molar-refractivity contribution in [3.63, 3.8) is 0 Å². The van der Waals surface area contributed by atoms with E-state index in [1.165, 1.54) is 90.1 Å². The summed E-state index contributed by atoms with van der Waals surface area (Å²) in [6, 6.07) is 0. The maximum absolute atomic E-state index is 5.41. The molecule has 0 spiro atoms. The fraction of sp³-hybridized carbons (Fsp3) is 0.833. The summed E-state index contributed by atoms with van der Waals surface area (Å²) < 4.78 is 1.94. The lowest BCUT2D eigenvalue weighted by atomic mass is 10.0. The molecule has 0 unspecified atom stereocenters. The Morgan fingerprint density at radius 1 is 0.462 bits per heavy atom. The molecule has 0 heterocycles. The number of terminal acetylenes is 2. The van der Waals surface area contributed by atoms with Crippen LogP contribution in [0.5, 0.6) is 0 Å². The second-order valence-corrected chi connectivity index (χ2v) is 9.29. The van der Waals surface area contributed by atoms with E-state index in [4.69, 9.17) is 12.8 Å². The predicted molar refractivity (Wildman–Crippen MR) is 117 cm³/mol. The minimum atomic E-state index is 0.849. The summed E-state index contributed by atoms with van der Waals surface area (Å²) in [5.41, 5.74) is 0. The maximum Gasteiger partial charge on any atom is 0.140 e. The van der Waals surface area contributed by atoms with E-state index >= 15 is 0 Å². The molecule has 0 N–H and O–H groups in total. The Morgan fingerprint density at radius 3 is 0.923 bits per heavy atom.